The Kier molecular flexibility index (Phi) is 5.27. The number of nitrogens with one attached hydrogen (secondary N) is 2. The maximum atomic E-state index is 13.8. The molecule has 3 aromatic heterocycles. The molecule has 0 fully saturated rings. The molecule has 2 N–H and O–H groups in total. The quantitative estimate of drug-likeness (QED) is 0.613. The van der Waals surface area contributed by atoms with Crippen molar-refractivity contribution in [3.05, 3.63) is 50.6 Å². The van der Waals surface area contributed by atoms with E-state index in [1.165, 1.54) is 11.3 Å². The Morgan fingerprint density at radius 1 is 1.47 bits per heavy atom. The van der Waals surface area contributed by atoms with Gasteiger partial charge < -0.3 is 10.6 Å². The van der Waals surface area contributed by atoms with Crippen LogP contribution in [0.3, 0.4) is 0 Å². The molecule has 0 aromatic carbocycles. The first-order valence-corrected chi connectivity index (χ1v) is 10.3. The van der Waals surface area contributed by atoms with E-state index in [1.807, 2.05) is 6.92 Å². The van der Waals surface area contributed by atoms with Crippen LogP contribution in [0.1, 0.15) is 45.1 Å². The molecule has 0 radical (unpaired) electrons. The summed E-state index contributed by atoms with van der Waals surface area (Å²) in [7, 11) is 1.77. The van der Waals surface area contributed by atoms with Gasteiger partial charge in [0.05, 0.1) is 12.2 Å². The van der Waals surface area contributed by atoms with Gasteiger partial charge in [0, 0.05) is 36.1 Å². The molecule has 7 nitrogen and oxygen atoms in total. The SMILES string of the molecule is Cc1c(CNC(=O)c2nn3c(c2Cl)NC(c2cccs2)CC3C(F)(F)F)cnn1C. The molecule has 0 saturated carbocycles. The number of thiophene rings is 1. The van der Waals surface area contributed by atoms with Crippen LogP contribution in [0.25, 0.3) is 0 Å². The number of hydrogen-bond acceptors (Lipinski definition) is 5. The summed E-state index contributed by atoms with van der Waals surface area (Å²) < 4.78 is 43.7. The van der Waals surface area contributed by atoms with E-state index in [-0.39, 0.29) is 29.5 Å². The van der Waals surface area contributed by atoms with Gasteiger partial charge in [-0.1, -0.05) is 17.7 Å². The number of carbonyl (C=O) groups excluding carboxylic acids is 1. The minimum Gasteiger partial charge on any atom is -0.361 e. The Hall–Kier alpha value is -2.53. The van der Waals surface area contributed by atoms with Crippen LogP contribution in [0.4, 0.5) is 19.0 Å². The van der Waals surface area contributed by atoms with Crippen molar-refractivity contribution in [3.8, 4) is 0 Å². The molecular formula is C18H18ClF3N6OS. The molecule has 4 rings (SSSR count). The first kappa shape index (κ1) is 20.7. The molecule has 2 atom stereocenters. The lowest BCUT2D eigenvalue weighted by Gasteiger charge is -2.32. The van der Waals surface area contributed by atoms with Gasteiger partial charge in [-0.15, -0.1) is 11.3 Å². The highest BCUT2D eigenvalue weighted by atomic mass is 35.5. The van der Waals surface area contributed by atoms with Crippen LogP contribution >= 0.6 is 22.9 Å². The molecule has 3 aromatic rings. The third-order valence-corrected chi connectivity index (χ3v) is 6.52. The first-order chi connectivity index (χ1) is 14.2. The summed E-state index contributed by atoms with van der Waals surface area (Å²) in [6, 6.07) is 1.07. The number of alkyl halides is 3. The van der Waals surface area contributed by atoms with Crippen molar-refractivity contribution in [2.45, 2.75) is 38.1 Å². The van der Waals surface area contributed by atoms with Crippen molar-refractivity contribution >= 4 is 34.7 Å². The number of nitrogens with zero attached hydrogens (tertiary/aromatic N) is 4. The standard InChI is InChI=1S/C18H18ClF3N6OS/c1-9-10(8-24-27(9)2)7-23-17(29)15-14(19)16-25-11(12-4-3-5-30-12)6-13(18(20,21)22)28(16)26-15/h3-5,8,11,13,25H,6-7H2,1-2H3,(H,23,29). The van der Waals surface area contributed by atoms with E-state index in [0.717, 1.165) is 20.8 Å². The van der Waals surface area contributed by atoms with Crippen LogP contribution in [-0.4, -0.2) is 31.6 Å². The molecule has 2 unspecified atom stereocenters. The van der Waals surface area contributed by atoms with Gasteiger partial charge in [0.1, 0.15) is 10.8 Å². The maximum absolute atomic E-state index is 13.8. The van der Waals surface area contributed by atoms with Gasteiger partial charge in [-0.05, 0) is 18.4 Å². The first-order valence-electron chi connectivity index (χ1n) is 9.07. The number of anilines is 1. The topological polar surface area (TPSA) is 76.8 Å². The zero-order valence-electron chi connectivity index (χ0n) is 16.0. The Morgan fingerprint density at radius 3 is 2.83 bits per heavy atom. The second-order valence-electron chi connectivity index (χ2n) is 7.02. The lowest BCUT2D eigenvalue weighted by Crippen LogP contribution is -2.35. The fraction of sp³-hybridized carbons (Fsp3) is 0.389. The van der Waals surface area contributed by atoms with E-state index >= 15 is 0 Å². The van der Waals surface area contributed by atoms with Gasteiger partial charge in [-0.2, -0.15) is 23.4 Å². The van der Waals surface area contributed by atoms with Crippen molar-refractivity contribution in [3.63, 3.8) is 0 Å². The molecule has 160 valence electrons. The second kappa shape index (κ2) is 7.62. The molecular weight excluding hydrogens is 441 g/mol. The Labute approximate surface area is 178 Å². The van der Waals surface area contributed by atoms with Crippen molar-refractivity contribution in [1.29, 1.82) is 0 Å². The van der Waals surface area contributed by atoms with Gasteiger partial charge in [0.15, 0.2) is 11.7 Å². The van der Waals surface area contributed by atoms with Crippen molar-refractivity contribution in [2.24, 2.45) is 7.05 Å². The monoisotopic (exact) mass is 458 g/mol. The summed E-state index contributed by atoms with van der Waals surface area (Å²) >= 11 is 7.66. The van der Waals surface area contributed by atoms with Crippen LogP contribution in [0.2, 0.25) is 5.02 Å². The van der Waals surface area contributed by atoms with E-state index in [1.54, 1.807) is 35.4 Å². The molecule has 30 heavy (non-hydrogen) atoms. The minimum absolute atomic E-state index is 0.00801. The predicted octanol–water partition coefficient (Wildman–Crippen LogP) is 4.23. The molecule has 12 heteroatoms. The van der Waals surface area contributed by atoms with Crippen LogP contribution in [0.5, 0.6) is 0 Å². The highest BCUT2D eigenvalue weighted by molar-refractivity contribution is 7.10. The largest absolute Gasteiger partial charge is 0.410 e. The normalized spacial score (nSPS) is 18.7. The zero-order valence-corrected chi connectivity index (χ0v) is 17.6. The van der Waals surface area contributed by atoms with Crippen LogP contribution in [0, 0.1) is 6.92 Å². The fourth-order valence-electron chi connectivity index (χ4n) is 3.39. The minimum atomic E-state index is -4.54. The summed E-state index contributed by atoms with van der Waals surface area (Å²) in [6.07, 6.45) is -3.17. The molecule has 4 heterocycles. The maximum Gasteiger partial charge on any atom is 0.410 e. The molecule has 0 spiro atoms. The summed E-state index contributed by atoms with van der Waals surface area (Å²) in [5.41, 5.74) is 1.40. The molecule has 0 aliphatic carbocycles. The van der Waals surface area contributed by atoms with Gasteiger partial charge in [0.25, 0.3) is 5.91 Å². The fourth-order valence-corrected chi connectivity index (χ4v) is 4.44. The Morgan fingerprint density at radius 2 is 2.23 bits per heavy atom. The average Bonchev–Trinajstić information content (AvgIpc) is 3.41. The van der Waals surface area contributed by atoms with Gasteiger partial charge >= 0.3 is 6.18 Å². The lowest BCUT2D eigenvalue weighted by atomic mass is 10.0. The third-order valence-electron chi connectivity index (χ3n) is 5.17. The smallest absolute Gasteiger partial charge is 0.361 e. The number of fused-ring (bicyclic) bond motifs is 1. The molecule has 1 amide bonds. The average molecular weight is 459 g/mol. The van der Waals surface area contributed by atoms with E-state index in [9.17, 15) is 18.0 Å². The molecule has 0 bridgehead atoms. The highest BCUT2D eigenvalue weighted by Crippen LogP contribution is 2.46. The van der Waals surface area contributed by atoms with Crippen LogP contribution in [-0.2, 0) is 13.6 Å². The van der Waals surface area contributed by atoms with E-state index in [0.29, 0.717) is 0 Å². The number of halogens is 4. The summed E-state index contributed by atoms with van der Waals surface area (Å²) in [6.45, 7) is 2.00. The highest BCUT2D eigenvalue weighted by Gasteiger charge is 2.48. The van der Waals surface area contributed by atoms with Crippen molar-refractivity contribution in [2.75, 3.05) is 5.32 Å². The number of amides is 1. The van der Waals surface area contributed by atoms with Gasteiger partial charge in [-0.3, -0.25) is 9.48 Å². The van der Waals surface area contributed by atoms with Gasteiger partial charge in [0.2, 0.25) is 0 Å². The molecule has 1 aliphatic heterocycles. The molecule has 1 aliphatic rings. The van der Waals surface area contributed by atoms with Gasteiger partial charge in [-0.25, -0.2) is 4.68 Å². The van der Waals surface area contributed by atoms with Crippen LogP contribution < -0.4 is 10.6 Å². The van der Waals surface area contributed by atoms with E-state index in [4.69, 9.17) is 11.6 Å². The zero-order chi connectivity index (χ0) is 21.6. The number of aromatic nitrogens is 4. The summed E-state index contributed by atoms with van der Waals surface area (Å²) in [5, 5.41) is 15.4. The lowest BCUT2D eigenvalue weighted by molar-refractivity contribution is -0.173. The second-order valence-corrected chi connectivity index (χ2v) is 8.38. The number of carbonyl (C=O) groups is 1. The van der Waals surface area contributed by atoms with Crippen molar-refractivity contribution in [1.82, 2.24) is 24.9 Å². The van der Waals surface area contributed by atoms with E-state index < -0.39 is 24.2 Å². The van der Waals surface area contributed by atoms with E-state index in [2.05, 4.69) is 20.8 Å². The Balaban J connectivity index is 1.63. The number of rotatable bonds is 4. The van der Waals surface area contributed by atoms with Crippen LogP contribution in [0.15, 0.2) is 23.7 Å². The third kappa shape index (κ3) is 3.67. The Bertz CT molecular complexity index is 1070. The molecule has 0 saturated heterocycles. The summed E-state index contributed by atoms with van der Waals surface area (Å²) in [5.74, 6) is -0.660. The number of hydrogen-bond donors (Lipinski definition) is 2. The predicted molar refractivity (Wildman–Crippen MR) is 107 cm³/mol. The summed E-state index contributed by atoms with van der Waals surface area (Å²) in [4.78, 5) is 13.4. The number of aryl methyl sites for hydroxylation is 1. The van der Waals surface area contributed by atoms with Crippen molar-refractivity contribution < 1.29 is 18.0 Å².